The molecule has 0 aliphatic heterocycles. The van der Waals surface area contributed by atoms with Crippen molar-refractivity contribution >= 4 is 40.1 Å². The molecule has 1 fully saturated rings. The molecule has 1 aliphatic rings. The van der Waals surface area contributed by atoms with E-state index in [9.17, 15) is 9.59 Å². The highest BCUT2D eigenvalue weighted by atomic mass is 35.5. The zero-order valence-corrected chi connectivity index (χ0v) is 19.5. The first-order valence-electron chi connectivity index (χ1n) is 11.5. The number of hydrogen-bond acceptors (Lipinski definition) is 4. The maximum atomic E-state index is 12.8. The molecule has 3 N–H and O–H groups in total. The monoisotopic (exact) mass is 468 g/mol. The number of carboxylic acid groups (broad SMARTS) is 1. The number of nitrogens with one attached hydrogen (secondary N) is 2. The van der Waals surface area contributed by atoms with E-state index < -0.39 is 5.97 Å². The van der Waals surface area contributed by atoms with Crippen LogP contribution >= 0.6 is 11.6 Å². The number of carbonyl (C=O) groups excluding carboxylic acids is 1. The number of fused-ring (bicyclic) bond motifs is 1. The molecule has 0 radical (unpaired) electrons. The van der Waals surface area contributed by atoms with E-state index in [-0.39, 0.29) is 24.9 Å². The fourth-order valence-electron chi connectivity index (χ4n) is 4.73. The summed E-state index contributed by atoms with van der Waals surface area (Å²) in [6.07, 6.45) is 5.63. The molecule has 6 nitrogen and oxygen atoms in total. The van der Waals surface area contributed by atoms with Crippen LogP contribution in [0, 0.1) is 12.8 Å². The molecule has 1 saturated carbocycles. The van der Waals surface area contributed by atoms with Crippen LogP contribution in [0.15, 0.2) is 46.9 Å². The number of carboxylic acids is 1. The van der Waals surface area contributed by atoms with E-state index in [0.717, 1.165) is 35.1 Å². The summed E-state index contributed by atoms with van der Waals surface area (Å²) in [6.45, 7) is 2.14. The van der Waals surface area contributed by atoms with E-state index in [4.69, 9.17) is 21.1 Å². The van der Waals surface area contributed by atoms with Gasteiger partial charge in [0, 0.05) is 28.2 Å². The molecule has 0 spiro atoms. The molecular formula is C26H29ClN2O4. The highest BCUT2D eigenvalue weighted by Crippen LogP contribution is 2.41. The van der Waals surface area contributed by atoms with Gasteiger partial charge in [-0.1, -0.05) is 43.0 Å². The van der Waals surface area contributed by atoms with E-state index >= 15 is 0 Å². The molecule has 1 atom stereocenters. The first kappa shape index (κ1) is 23.2. The number of benzene rings is 2. The van der Waals surface area contributed by atoms with Crippen LogP contribution in [0.3, 0.4) is 0 Å². The molecule has 174 valence electrons. The largest absolute Gasteiger partial charge is 0.481 e. The number of anilines is 1. The normalized spacial score (nSPS) is 15.3. The third-order valence-electron chi connectivity index (χ3n) is 6.45. The lowest BCUT2D eigenvalue weighted by Gasteiger charge is -2.31. The molecule has 1 aromatic heterocycles. The number of para-hydroxylation sites is 1. The van der Waals surface area contributed by atoms with Gasteiger partial charge in [0.1, 0.15) is 11.3 Å². The van der Waals surface area contributed by atoms with Gasteiger partial charge in [-0.25, -0.2) is 0 Å². The van der Waals surface area contributed by atoms with Crippen molar-refractivity contribution in [3.63, 3.8) is 0 Å². The number of halogens is 1. The molecule has 0 bridgehead atoms. The third-order valence-corrected chi connectivity index (χ3v) is 6.68. The Morgan fingerprint density at radius 3 is 2.67 bits per heavy atom. The van der Waals surface area contributed by atoms with Crippen molar-refractivity contribution in [1.29, 1.82) is 0 Å². The summed E-state index contributed by atoms with van der Waals surface area (Å²) in [5.41, 5.74) is 3.05. The fourth-order valence-corrected chi connectivity index (χ4v) is 4.90. The summed E-state index contributed by atoms with van der Waals surface area (Å²) >= 11 is 6.24. The third kappa shape index (κ3) is 5.33. The van der Waals surface area contributed by atoms with Crippen molar-refractivity contribution in [1.82, 2.24) is 5.32 Å². The Labute approximate surface area is 198 Å². The lowest BCUT2D eigenvalue weighted by atomic mass is 9.82. The Morgan fingerprint density at radius 1 is 1.15 bits per heavy atom. The van der Waals surface area contributed by atoms with Crippen LogP contribution in [0.2, 0.25) is 5.02 Å². The molecule has 2 aromatic carbocycles. The summed E-state index contributed by atoms with van der Waals surface area (Å²) in [7, 11) is 0. The molecule has 1 unspecified atom stereocenters. The lowest BCUT2D eigenvalue weighted by molar-refractivity contribution is -0.136. The number of amides is 1. The standard InChI is InChI=1S/C26H29ClN2O4/c1-16-20-15-18(27)11-12-22(20)33-25(16)24(17-7-3-2-4-8-17)29-21-10-6-5-9-19(21)26(32)28-14-13-23(30)31/h5-6,9-12,15,17,24,29H,2-4,7-8,13-14H2,1H3,(H,28,32)(H,30,31). The average molecular weight is 469 g/mol. The molecule has 0 saturated heterocycles. The van der Waals surface area contributed by atoms with Gasteiger partial charge >= 0.3 is 5.97 Å². The van der Waals surface area contributed by atoms with Gasteiger partial charge in [0.15, 0.2) is 0 Å². The molecular weight excluding hydrogens is 440 g/mol. The number of hydrogen-bond donors (Lipinski definition) is 3. The second-order valence-electron chi connectivity index (χ2n) is 8.70. The van der Waals surface area contributed by atoms with Crippen molar-refractivity contribution in [2.24, 2.45) is 5.92 Å². The number of rotatable bonds is 8. The van der Waals surface area contributed by atoms with E-state index in [2.05, 4.69) is 17.6 Å². The lowest BCUT2D eigenvalue weighted by Crippen LogP contribution is -2.28. The maximum Gasteiger partial charge on any atom is 0.305 e. The van der Waals surface area contributed by atoms with Crippen LogP contribution in [0.4, 0.5) is 5.69 Å². The summed E-state index contributed by atoms with van der Waals surface area (Å²) in [5, 5.41) is 16.9. The first-order chi connectivity index (χ1) is 15.9. The van der Waals surface area contributed by atoms with Gasteiger partial charge in [-0.15, -0.1) is 0 Å². The number of furan rings is 1. The first-order valence-corrected chi connectivity index (χ1v) is 11.9. The minimum Gasteiger partial charge on any atom is -0.481 e. The summed E-state index contributed by atoms with van der Waals surface area (Å²) in [4.78, 5) is 23.6. The molecule has 3 aromatic rings. The van der Waals surface area contributed by atoms with Crippen LogP contribution < -0.4 is 10.6 Å². The topological polar surface area (TPSA) is 91.6 Å². The SMILES string of the molecule is Cc1c(C(Nc2ccccc2C(=O)NCCC(=O)O)C2CCCCC2)oc2ccc(Cl)cc12. The van der Waals surface area contributed by atoms with Crippen LogP contribution in [0.1, 0.15) is 66.2 Å². The summed E-state index contributed by atoms with van der Waals surface area (Å²) < 4.78 is 6.35. The van der Waals surface area contributed by atoms with Gasteiger partial charge in [0.25, 0.3) is 5.91 Å². The molecule has 33 heavy (non-hydrogen) atoms. The van der Waals surface area contributed by atoms with Crippen molar-refractivity contribution in [2.75, 3.05) is 11.9 Å². The summed E-state index contributed by atoms with van der Waals surface area (Å²) in [6, 6.07) is 12.9. The quantitative estimate of drug-likeness (QED) is 0.359. The zero-order valence-electron chi connectivity index (χ0n) is 18.7. The predicted molar refractivity (Wildman–Crippen MR) is 130 cm³/mol. The Hall–Kier alpha value is -2.99. The summed E-state index contributed by atoms with van der Waals surface area (Å²) in [5.74, 6) is 0.00579. The average Bonchev–Trinajstić information content (AvgIpc) is 3.13. The van der Waals surface area contributed by atoms with E-state index in [1.165, 1.54) is 19.3 Å². The second-order valence-corrected chi connectivity index (χ2v) is 9.13. The number of aliphatic carboxylic acids is 1. The van der Waals surface area contributed by atoms with Crippen LogP contribution in [-0.2, 0) is 4.79 Å². The Bertz CT molecular complexity index is 1150. The van der Waals surface area contributed by atoms with Crippen LogP contribution in [0.25, 0.3) is 11.0 Å². The Kier molecular flexibility index (Phi) is 7.23. The molecule has 1 heterocycles. The van der Waals surface area contributed by atoms with E-state index in [1.54, 1.807) is 12.1 Å². The highest BCUT2D eigenvalue weighted by molar-refractivity contribution is 6.31. The van der Waals surface area contributed by atoms with Gasteiger partial charge < -0.3 is 20.2 Å². The van der Waals surface area contributed by atoms with Gasteiger partial charge in [0.05, 0.1) is 18.0 Å². The number of carbonyl (C=O) groups is 2. The van der Waals surface area contributed by atoms with Crippen molar-refractivity contribution in [2.45, 2.75) is 51.5 Å². The maximum absolute atomic E-state index is 12.8. The Balaban J connectivity index is 1.67. The van der Waals surface area contributed by atoms with Gasteiger partial charge in [-0.05, 0) is 56.0 Å². The molecule has 4 rings (SSSR count). The number of aryl methyl sites for hydroxylation is 1. The molecule has 1 aliphatic carbocycles. The smallest absolute Gasteiger partial charge is 0.305 e. The minimum atomic E-state index is -0.945. The zero-order chi connectivity index (χ0) is 23.4. The molecule has 1 amide bonds. The fraction of sp³-hybridized carbons (Fsp3) is 0.385. The predicted octanol–water partition coefficient (Wildman–Crippen LogP) is 6.33. The van der Waals surface area contributed by atoms with Gasteiger partial charge in [-0.3, -0.25) is 9.59 Å². The van der Waals surface area contributed by atoms with E-state index in [1.807, 2.05) is 30.3 Å². The van der Waals surface area contributed by atoms with Crippen LogP contribution in [-0.4, -0.2) is 23.5 Å². The van der Waals surface area contributed by atoms with Gasteiger partial charge in [0.2, 0.25) is 0 Å². The Morgan fingerprint density at radius 2 is 1.91 bits per heavy atom. The highest BCUT2D eigenvalue weighted by Gasteiger charge is 2.30. The molecule has 7 heteroatoms. The van der Waals surface area contributed by atoms with Crippen molar-refractivity contribution < 1.29 is 19.1 Å². The van der Waals surface area contributed by atoms with Crippen molar-refractivity contribution in [3.8, 4) is 0 Å². The van der Waals surface area contributed by atoms with E-state index in [0.29, 0.717) is 22.2 Å². The second kappa shape index (κ2) is 10.3. The van der Waals surface area contributed by atoms with Crippen molar-refractivity contribution in [3.05, 3.63) is 64.4 Å². The van der Waals surface area contributed by atoms with Crippen LogP contribution in [0.5, 0.6) is 0 Å². The van der Waals surface area contributed by atoms with Gasteiger partial charge in [-0.2, -0.15) is 0 Å². The minimum absolute atomic E-state index is 0.0813.